The van der Waals surface area contributed by atoms with E-state index >= 15 is 0 Å². The lowest BCUT2D eigenvalue weighted by Crippen LogP contribution is -2.35. The number of benzene rings is 1. The fraction of sp³-hybridized carbons (Fsp3) is 0.478. The highest BCUT2D eigenvalue weighted by Crippen LogP contribution is 2.40. The molecule has 1 saturated heterocycles. The van der Waals surface area contributed by atoms with Gasteiger partial charge in [0.15, 0.2) is 11.5 Å². The standard InChI is InChI=1S/C23H30ClN6O5P/c1-13(2)33-23(31)15(4)29-36(35-17-7-5-16(24)6-8-17)32-10-18-9-14(3)22(34-18)30-12-28-19-20(25)26-11-27-21(19)30/h5-8,11-15,18,22,29H,9-10H2,1-4H3,(H2,25,26,27). The van der Waals surface area contributed by atoms with Gasteiger partial charge in [0.05, 0.1) is 25.1 Å². The van der Waals surface area contributed by atoms with Crippen LogP contribution >= 0.6 is 20.1 Å². The zero-order valence-electron chi connectivity index (χ0n) is 20.5. The van der Waals surface area contributed by atoms with E-state index in [2.05, 4.69) is 27.0 Å². The van der Waals surface area contributed by atoms with Crippen molar-refractivity contribution in [3.05, 3.63) is 41.9 Å². The summed E-state index contributed by atoms with van der Waals surface area (Å²) in [5.41, 5.74) is 7.08. The van der Waals surface area contributed by atoms with E-state index in [-0.39, 0.29) is 36.9 Å². The molecule has 5 atom stereocenters. The number of fused-ring (bicyclic) bond motifs is 1. The third-order valence-electron chi connectivity index (χ3n) is 5.50. The van der Waals surface area contributed by atoms with Crippen LogP contribution in [-0.2, 0) is 18.8 Å². The lowest BCUT2D eigenvalue weighted by Gasteiger charge is -2.23. The maximum absolute atomic E-state index is 12.3. The lowest BCUT2D eigenvalue weighted by atomic mass is 10.1. The third-order valence-corrected chi connectivity index (χ3v) is 7.11. The minimum absolute atomic E-state index is 0.170. The average Bonchev–Trinajstić information content (AvgIpc) is 3.42. The minimum Gasteiger partial charge on any atom is -0.462 e. The first-order valence-electron chi connectivity index (χ1n) is 11.6. The van der Waals surface area contributed by atoms with Crippen molar-refractivity contribution >= 4 is 43.1 Å². The summed E-state index contributed by atoms with van der Waals surface area (Å²) in [4.78, 5) is 25.0. The summed E-state index contributed by atoms with van der Waals surface area (Å²) in [6.07, 6.45) is 3.11. The van der Waals surface area contributed by atoms with Gasteiger partial charge in [0.1, 0.15) is 29.9 Å². The number of carbonyl (C=O) groups is 1. The molecule has 3 heterocycles. The first-order chi connectivity index (χ1) is 17.2. The van der Waals surface area contributed by atoms with Gasteiger partial charge in [-0.05, 0) is 51.5 Å². The molecule has 3 N–H and O–H groups in total. The quantitative estimate of drug-likeness (QED) is 0.286. The molecule has 13 heteroatoms. The molecule has 4 rings (SSSR count). The predicted molar refractivity (Wildman–Crippen MR) is 136 cm³/mol. The maximum Gasteiger partial charge on any atom is 0.323 e. The smallest absolute Gasteiger partial charge is 0.323 e. The van der Waals surface area contributed by atoms with Crippen molar-refractivity contribution in [1.29, 1.82) is 0 Å². The van der Waals surface area contributed by atoms with Crippen molar-refractivity contribution in [2.45, 2.75) is 58.6 Å². The van der Waals surface area contributed by atoms with E-state index < -0.39 is 14.6 Å². The molecular formula is C23H30ClN6O5P. The Labute approximate surface area is 215 Å². The zero-order valence-corrected chi connectivity index (χ0v) is 22.1. The van der Waals surface area contributed by atoms with E-state index in [4.69, 9.17) is 35.9 Å². The molecule has 0 aliphatic carbocycles. The van der Waals surface area contributed by atoms with Crippen LogP contribution in [0.2, 0.25) is 5.02 Å². The topological polar surface area (TPSA) is 136 Å². The number of carbonyl (C=O) groups excluding carboxylic acids is 1. The highest BCUT2D eigenvalue weighted by atomic mass is 35.5. The molecule has 0 radical (unpaired) electrons. The van der Waals surface area contributed by atoms with Gasteiger partial charge in [-0.2, -0.15) is 0 Å². The fourth-order valence-corrected chi connectivity index (χ4v) is 5.14. The number of halogens is 1. The molecule has 1 aliphatic rings. The molecule has 1 fully saturated rings. The van der Waals surface area contributed by atoms with Crippen LogP contribution in [0.5, 0.6) is 5.75 Å². The number of nitrogen functional groups attached to an aromatic ring is 1. The van der Waals surface area contributed by atoms with Gasteiger partial charge in [0, 0.05) is 10.9 Å². The molecular weight excluding hydrogens is 507 g/mol. The summed E-state index contributed by atoms with van der Waals surface area (Å²) in [5, 5.41) is 3.69. The number of hydrogen-bond donors (Lipinski definition) is 2. The van der Waals surface area contributed by atoms with Crippen LogP contribution in [-0.4, -0.2) is 50.3 Å². The van der Waals surface area contributed by atoms with Gasteiger partial charge in [0.2, 0.25) is 0 Å². The lowest BCUT2D eigenvalue weighted by molar-refractivity contribution is -0.149. The van der Waals surface area contributed by atoms with Gasteiger partial charge in [-0.3, -0.25) is 9.36 Å². The van der Waals surface area contributed by atoms with Crippen molar-refractivity contribution in [3.8, 4) is 5.75 Å². The highest BCUT2D eigenvalue weighted by Gasteiger charge is 2.36. The van der Waals surface area contributed by atoms with Crippen molar-refractivity contribution in [3.63, 3.8) is 0 Å². The SMILES string of the molecule is CC(C)OC(=O)C(C)NP(OCC1CC(C)C(n2cnc3c(N)ncnc32)O1)Oc1ccc(Cl)cc1. The van der Waals surface area contributed by atoms with E-state index in [9.17, 15) is 4.79 Å². The molecule has 3 aromatic rings. The summed E-state index contributed by atoms with van der Waals surface area (Å²) >= 11 is 5.99. The largest absolute Gasteiger partial charge is 0.462 e. The molecule has 0 saturated carbocycles. The Morgan fingerprint density at radius 2 is 2.03 bits per heavy atom. The summed E-state index contributed by atoms with van der Waals surface area (Å²) in [6.45, 7) is 7.65. The predicted octanol–water partition coefficient (Wildman–Crippen LogP) is 4.24. The van der Waals surface area contributed by atoms with E-state index in [1.165, 1.54) is 6.33 Å². The fourth-order valence-electron chi connectivity index (χ4n) is 3.80. The number of nitrogens with two attached hydrogens (primary N) is 1. The van der Waals surface area contributed by atoms with Crippen LogP contribution in [0.15, 0.2) is 36.9 Å². The first kappa shape index (κ1) is 26.5. The van der Waals surface area contributed by atoms with E-state index in [0.29, 0.717) is 27.8 Å². The number of imidazole rings is 1. The molecule has 11 nitrogen and oxygen atoms in total. The van der Waals surface area contributed by atoms with Crippen molar-refractivity contribution in [2.75, 3.05) is 12.3 Å². The molecule has 0 amide bonds. The number of nitrogens with zero attached hydrogens (tertiary/aromatic N) is 4. The number of hydrogen-bond acceptors (Lipinski definition) is 10. The van der Waals surface area contributed by atoms with Gasteiger partial charge in [-0.25, -0.2) is 20.0 Å². The third kappa shape index (κ3) is 6.41. The molecule has 2 aromatic heterocycles. The van der Waals surface area contributed by atoms with Crippen LogP contribution in [0.4, 0.5) is 5.82 Å². The second kappa shape index (κ2) is 11.7. The number of ether oxygens (including phenoxy) is 2. The summed E-state index contributed by atoms with van der Waals surface area (Å²) in [5.74, 6) is 0.664. The average molecular weight is 537 g/mol. The highest BCUT2D eigenvalue weighted by molar-refractivity contribution is 7.45. The van der Waals surface area contributed by atoms with Crippen LogP contribution in [0.25, 0.3) is 11.2 Å². The van der Waals surface area contributed by atoms with Crippen molar-refractivity contribution < 1.29 is 23.3 Å². The maximum atomic E-state index is 12.3. The Morgan fingerprint density at radius 1 is 1.28 bits per heavy atom. The zero-order chi connectivity index (χ0) is 25.8. The number of esters is 1. The van der Waals surface area contributed by atoms with Crippen LogP contribution < -0.4 is 15.3 Å². The summed E-state index contributed by atoms with van der Waals surface area (Å²) < 4.78 is 25.6. The Bertz CT molecular complexity index is 1180. The van der Waals surface area contributed by atoms with Crippen LogP contribution in [0.3, 0.4) is 0 Å². The summed E-state index contributed by atoms with van der Waals surface area (Å²) in [7, 11) is -1.70. The van der Waals surface area contributed by atoms with E-state index in [1.54, 1.807) is 51.4 Å². The second-order valence-corrected chi connectivity index (χ2v) is 10.5. The Kier molecular flexibility index (Phi) is 8.58. The number of rotatable bonds is 10. The molecule has 36 heavy (non-hydrogen) atoms. The van der Waals surface area contributed by atoms with Gasteiger partial charge in [0.25, 0.3) is 0 Å². The Balaban J connectivity index is 1.42. The monoisotopic (exact) mass is 536 g/mol. The van der Waals surface area contributed by atoms with Crippen molar-refractivity contribution in [1.82, 2.24) is 24.6 Å². The van der Waals surface area contributed by atoms with Crippen LogP contribution in [0.1, 0.15) is 40.3 Å². The van der Waals surface area contributed by atoms with Crippen molar-refractivity contribution in [2.24, 2.45) is 5.92 Å². The number of nitrogens with one attached hydrogen (secondary N) is 1. The van der Waals surface area contributed by atoms with Gasteiger partial charge < -0.3 is 24.3 Å². The molecule has 5 unspecified atom stereocenters. The molecule has 0 bridgehead atoms. The molecule has 1 aromatic carbocycles. The Morgan fingerprint density at radius 3 is 2.75 bits per heavy atom. The number of anilines is 1. The molecule has 194 valence electrons. The first-order valence-corrected chi connectivity index (χ1v) is 13.2. The normalized spacial score (nSPS) is 21.6. The summed E-state index contributed by atoms with van der Waals surface area (Å²) in [6, 6.07) is 6.28. The van der Waals surface area contributed by atoms with Crippen LogP contribution in [0, 0.1) is 5.92 Å². The number of aromatic nitrogens is 4. The van der Waals surface area contributed by atoms with Gasteiger partial charge >= 0.3 is 14.5 Å². The van der Waals surface area contributed by atoms with Gasteiger partial charge in [-0.1, -0.05) is 18.5 Å². The van der Waals surface area contributed by atoms with E-state index in [0.717, 1.165) is 6.42 Å². The Hall–Kier alpha value is -2.56. The van der Waals surface area contributed by atoms with Gasteiger partial charge in [-0.15, -0.1) is 0 Å². The van der Waals surface area contributed by atoms with E-state index in [1.807, 2.05) is 4.57 Å². The minimum atomic E-state index is -1.70. The molecule has 0 spiro atoms. The molecule has 1 aliphatic heterocycles. The second-order valence-electron chi connectivity index (χ2n) is 8.88.